The molecule has 2 N–H and O–H groups in total. The summed E-state index contributed by atoms with van der Waals surface area (Å²) >= 11 is 0. The Morgan fingerprint density at radius 1 is 1.38 bits per heavy atom. The molecule has 1 rings (SSSR count). The molecule has 2 atom stereocenters. The zero-order valence-corrected chi connectivity index (χ0v) is 9.48. The Morgan fingerprint density at radius 3 is 2.56 bits per heavy atom. The van der Waals surface area contributed by atoms with E-state index in [-0.39, 0.29) is 24.9 Å². The van der Waals surface area contributed by atoms with Crippen LogP contribution in [0.2, 0.25) is 0 Å². The van der Waals surface area contributed by atoms with Crippen molar-refractivity contribution < 1.29 is 19.3 Å². The van der Waals surface area contributed by atoms with Gasteiger partial charge < -0.3 is 14.9 Å². The van der Waals surface area contributed by atoms with Gasteiger partial charge in [-0.15, -0.1) is 0 Å². The minimum Gasteiger partial charge on any atom is -0.490 e. The maximum absolute atomic E-state index is 13.5. The first kappa shape index (κ1) is 12.9. The molecule has 3 nitrogen and oxygen atoms in total. The topological polar surface area (TPSA) is 49.7 Å². The van der Waals surface area contributed by atoms with Crippen LogP contribution in [0.25, 0.3) is 0 Å². The molecule has 0 fully saturated rings. The number of halogens is 1. The van der Waals surface area contributed by atoms with E-state index in [1.54, 1.807) is 13.0 Å². The largest absolute Gasteiger partial charge is 0.490 e. The van der Waals surface area contributed by atoms with E-state index < -0.39 is 11.9 Å². The van der Waals surface area contributed by atoms with Crippen molar-refractivity contribution in [1.29, 1.82) is 0 Å². The number of ether oxygens (including phenoxy) is 1. The molecule has 0 saturated heterocycles. The van der Waals surface area contributed by atoms with E-state index in [1.165, 1.54) is 12.1 Å². The first-order chi connectivity index (χ1) is 7.54. The Morgan fingerprint density at radius 2 is 2.06 bits per heavy atom. The summed E-state index contributed by atoms with van der Waals surface area (Å²) in [4.78, 5) is 0. The third kappa shape index (κ3) is 3.47. The van der Waals surface area contributed by atoms with E-state index in [0.29, 0.717) is 5.56 Å². The van der Waals surface area contributed by atoms with Gasteiger partial charge in [0.1, 0.15) is 0 Å². The summed E-state index contributed by atoms with van der Waals surface area (Å²) in [6, 6.07) is 4.36. The molecule has 4 heteroatoms. The van der Waals surface area contributed by atoms with Crippen molar-refractivity contribution in [2.45, 2.75) is 20.0 Å². The summed E-state index contributed by atoms with van der Waals surface area (Å²) in [7, 11) is 0. The smallest absolute Gasteiger partial charge is 0.165 e. The van der Waals surface area contributed by atoms with E-state index >= 15 is 0 Å². The quantitative estimate of drug-likeness (QED) is 0.809. The highest BCUT2D eigenvalue weighted by Gasteiger charge is 2.09. The van der Waals surface area contributed by atoms with Gasteiger partial charge in [0.05, 0.1) is 12.7 Å². The molecule has 0 spiro atoms. The minimum atomic E-state index is -0.695. The maximum atomic E-state index is 13.5. The maximum Gasteiger partial charge on any atom is 0.165 e. The fourth-order valence-electron chi connectivity index (χ4n) is 1.18. The van der Waals surface area contributed by atoms with Crippen LogP contribution in [0, 0.1) is 11.7 Å². The Balaban J connectivity index is 2.68. The zero-order chi connectivity index (χ0) is 12.1. The van der Waals surface area contributed by atoms with Gasteiger partial charge in [-0.25, -0.2) is 4.39 Å². The molecule has 1 aromatic rings. The average molecular weight is 228 g/mol. The summed E-state index contributed by atoms with van der Waals surface area (Å²) in [5, 5.41) is 18.0. The Bertz CT molecular complexity index is 339. The first-order valence-electron chi connectivity index (χ1n) is 5.25. The number of hydrogen-bond donors (Lipinski definition) is 2. The Hall–Kier alpha value is -1.13. The summed E-state index contributed by atoms with van der Waals surface area (Å²) in [5.74, 6) is -0.385. The summed E-state index contributed by atoms with van der Waals surface area (Å²) < 4.78 is 18.7. The minimum absolute atomic E-state index is 0.00732. The van der Waals surface area contributed by atoms with Crippen molar-refractivity contribution in [3.05, 3.63) is 29.6 Å². The van der Waals surface area contributed by atoms with E-state index in [2.05, 4.69) is 0 Å². The number of rotatable bonds is 5. The normalized spacial score (nSPS) is 14.6. The fourth-order valence-corrected chi connectivity index (χ4v) is 1.18. The third-order valence-corrected chi connectivity index (χ3v) is 2.27. The molecule has 0 bridgehead atoms. The number of aliphatic hydroxyl groups excluding tert-OH is 2. The highest BCUT2D eigenvalue weighted by Crippen LogP contribution is 2.22. The van der Waals surface area contributed by atoms with E-state index in [4.69, 9.17) is 9.84 Å². The second-order valence-electron chi connectivity index (χ2n) is 3.96. The van der Waals surface area contributed by atoms with Gasteiger partial charge in [-0.05, 0) is 24.6 Å². The Kier molecular flexibility index (Phi) is 4.71. The second kappa shape index (κ2) is 5.82. The molecule has 0 aliphatic carbocycles. The van der Waals surface area contributed by atoms with Gasteiger partial charge in [0, 0.05) is 12.5 Å². The molecule has 16 heavy (non-hydrogen) atoms. The highest BCUT2D eigenvalue weighted by atomic mass is 19.1. The average Bonchev–Trinajstić information content (AvgIpc) is 2.26. The molecule has 0 aliphatic heterocycles. The van der Waals surface area contributed by atoms with Crippen LogP contribution < -0.4 is 4.74 Å². The van der Waals surface area contributed by atoms with Crippen molar-refractivity contribution in [1.82, 2.24) is 0 Å². The summed E-state index contributed by atoms with van der Waals surface area (Å²) in [6.07, 6.45) is -0.695. The molecule has 0 radical (unpaired) electrons. The van der Waals surface area contributed by atoms with E-state index in [1.807, 2.05) is 6.92 Å². The lowest BCUT2D eigenvalue weighted by Crippen LogP contribution is -2.12. The van der Waals surface area contributed by atoms with Crippen molar-refractivity contribution >= 4 is 0 Å². The highest BCUT2D eigenvalue weighted by molar-refractivity contribution is 5.30. The molecule has 90 valence electrons. The summed E-state index contributed by atoms with van der Waals surface area (Å²) in [6.45, 7) is 3.65. The lowest BCUT2D eigenvalue weighted by Gasteiger charge is -2.12. The van der Waals surface area contributed by atoms with E-state index in [0.717, 1.165) is 0 Å². The van der Waals surface area contributed by atoms with Crippen molar-refractivity contribution in [2.24, 2.45) is 5.92 Å². The predicted molar refractivity (Wildman–Crippen MR) is 58.8 cm³/mol. The number of aliphatic hydroxyl groups is 2. The van der Waals surface area contributed by atoms with Crippen LogP contribution in [0.1, 0.15) is 25.5 Å². The molecule has 1 aromatic carbocycles. The first-order valence-corrected chi connectivity index (χ1v) is 5.25. The van der Waals surface area contributed by atoms with Crippen LogP contribution in [0.15, 0.2) is 18.2 Å². The number of hydrogen-bond acceptors (Lipinski definition) is 3. The Labute approximate surface area is 94.5 Å². The van der Waals surface area contributed by atoms with E-state index in [9.17, 15) is 9.50 Å². The monoisotopic (exact) mass is 228 g/mol. The van der Waals surface area contributed by atoms with Crippen LogP contribution >= 0.6 is 0 Å². The van der Waals surface area contributed by atoms with Crippen LogP contribution in [-0.2, 0) is 0 Å². The van der Waals surface area contributed by atoms with Crippen molar-refractivity contribution in [3.63, 3.8) is 0 Å². The SMILES string of the molecule is CC(CO)COc1ccc([C@H](C)O)cc1F. The molecule has 0 aromatic heterocycles. The zero-order valence-electron chi connectivity index (χ0n) is 9.48. The van der Waals surface area contributed by atoms with Gasteiger partial charge in [-0.3, -0.25) is 0 Å². The van der Waals surface area contributed by atoms with Gasteiger partial charge in [-0.2, -0.15) is 0 Å². The standard InChI is InChI=1S/C12H17FO3/c1-8(6-14)7-16-12-4-3-10(9(2)15)5-11(12)13/h3-5,8-9,14-15H,6-7H2,1-2H3/t8?,9-/m0/s1. The van der Waals surface area contributed by atoms with Gasteiger partial charge >= 0.3 is 0 Å². The summed E-state index contributed by atoms with van der Waals surface area (Å²) in [5.41, 5.74) is 0.514. The van der Waals surface area contributed by atoms with Crippen LogP contribution in [0.3, 0.4) is 0 Å². The van der Waals surface area contributed by atoms with Crippen LogP contribution in [0.4, 0.5) is 4.39 Å². The lowest BCUT2D eigenvalue weighted by molar-refractivity contribution is 0.170. The molecule has 0 saturated carbocycles. The molecular formula is C12H17FO3. The number of benzene rings is 1. The predicted octanol–water partition coefficient (Wildman–Crippen LogP) is 1.89. The van der Waals surface area contributed by atoms with Crippen LogP contribution in [0.5, 0.6) is 5.75 Å². The van der Waals surface area contributed by atoms with Crippen LogP contribution in [-0.4, -0.2) is 23.4 Å². The van der Waals surface area contributed by atoms with Crippen molar-refractivity contribution in [2.75, 3.05) is 13.2 Å². The molecule has 1 unspecified atom stereocenters. The van der Waals surface area contributed by atoms with Gasteiger partial charge in [-0.1, -0.05) is 13.0 Å². The third-order valence-electron chi connectivity index (χ3n) is 2.27. The molecule has 0 heterocycles. The van der Waals surface area contributed by atoms with Gasteiger partial charge in [0.15, 0.2) is 11.6 Å². The lowest BCUT2D eigenvalue weighted by atomic mass is 10.1. The molecular weight excluding hydrogens is 211 g/mol. The molecule has 0 amide bonds. The van der Waals surface area contributed by atoms with Crippen molar-refractivity contribution in [3.8, 4) is 5.75 Å². The van der Waals surface area contributed by atoms with Gasteiger partial charge in [0.25, 0.3) is 0 Å². The molecule has 0 aliphatic rings. The second-order valence-corrected chi connectivity index (χ2v) is 3.96. The fraction of sp³-hybridized carbons (Fsp3) is 0.500. The van der Waals surface area contributed by atoms with Gasteiger partial charge in [0.2, 0.25) is 0 Å².